The number of carbonyl (C=O) groups is 1. The number of aromatic amines is 1. The molecule has 23 heavy (non-hydrogen) atoms. The van der Waals surface area contributed by atoms with Gasteiger partial charge in [-0.15, -0.1) is 10.2 Å². The molecular weight excluding hydrogens is 292 g/mol. The van der Waals surface area contributed by atoms with E-state index in [9.17, 15) is 4.79 Å². The van der Waals surface area contributed by atoms with Gasteiger partial charge in [0, 0.05) is 32.5 Å². The standard InChI is InChI=1S/C16H18N6O/c1-2-21-9-10-22-14(19-20-15(22)16(21)23)8-7-13-17-11-5-3-4-6-12(11)18-13/h3-6H,2,7-10H2,1H3,(H,17,18). The lowest BCUT2D eigenvalue weighted by molar-refractivity contribution is 0.0705. The van der Waals surface area contributed by atoms with Gasteiger partial charge in [0.1, 0.15) is 11.6 Å². The van der Waals surface area contributed by atoms with E-state index in [1.807, 2.05) is 35.8 Å². The van der Waals surface area contributed by atoms with Crippen molar-refractivity contribution in [2.24, 2.45) is 0 Å². The highest BCUT2D eigenvalue weighted by molar-refractivity contribution is 5.91. The second-order valence-corrected chi connectivity index (χ2v) is 5.68. The Bertz CT molecular complexity index is 831. The summed E-state index contributed by atoms with van der Waals surface area (Å²) in [5, 5.41) is 8.29. The number of amides is 1. The van der Waals surface area contributed by atoms with Gasteiger partial charge in [0.15, 0.2) is 0 Å². The summed E-state index contributed by atoms with van der Waals surface area (Å²) in [7, 11) is 0. The molecule has 1 aliphatic heterocycles. The fraction of sp³-hybridized carbons (Fsp3) is 0.375. The molecule has 0 bridgehead atoms. The minimum atomic E-state index is -0.0266. The van der Waals surface area contributed by atoms with E-state index >= 15 is 0 Å². The highest BCUT2D eigenvalue weighted by Gasteiger charge is 2.27. The Morgan fingerprint density at radius 2 is 2.04 bits per heavy atom. The molecule has 1 aliphatic rings. The smallest absolute Gasteiger partial charge is 0.291 e. The van der Waals surface area contributed by atoms with Gasteiger partial charge in [0.25, 0.3) is 5.91 Å². The highest BCUT2D eigenvalue weighted by Crippen LogP contribution is 2.15. The molecule has 0 saturated heterocycles. The number of rotatable bonds is 4. The SMILES string of the molecule is CCN1CCn2c(CCc3nc4ccccc4[nH]3)nnc2C1=O. The summed E-state index contributed by atoms with van der Waals surface area (Å²) in [6, 6.07) is 7.98. The molecule has 1 aromatic carbocycles. The monoisotopic (exact) mass is 310 g/mol. The number of aromatic nitrogens is 5. The molecule has 3 heterocycles. The second kappa shape index (κ2) is 5.49. The summed E-state index contributed by atoms with van der Waals surface area (Å²) >= 11 is 0. The van der Waals surface area contributed by atoms with Crippen molar-refractivity contribution in [1.29, 1.82) is 0 Å². The predicted molar refractivity (Wildman–Crippen MR) is 85.1 cm³/mol. The summed E-state index contributed by atoms with van der Waals surface area (Å²) in [6.45, 7) is 4.17. The fourth-order valence-corrected chi connectivity index (χ4v) is 3.03. The summed E-state index contributed by atoms with van der Waals surface area (Å²) in [4.78, 5) is 21.9. The Morgan fingerprint density at radius 3 is 2.87 bits per heavy atom. The normalized spacial score (nSPS) is 14.5. The lowest BCUT2D eigenvalue weighted by Crippen LogP contribution is -2.40. The number of benzene rings is 1. The van der Waals surface area contributed by atoms with Gasteiger partial charge in [-0.25, -0.2) is 4.98 Å². The van der Waals surface area contributed by atoms with Crippen molar-refractivity contribution >= 4 is 16.9 Å². The van der Waals surface area contributed by atoms with E-state index in [2.05, 4.69) is 20.2 Å². The molecule has 0 spiro atoms. The van der Waals surface area contributed by atoms with Gasteiger partial charge < -0.3 is 14.5 Å². The number of H-pyrrole nitrogens is 1. The Kier molecular flexibility index (Phi) is 3.33. The number of likely N-dealkylation sites (N-methyl/N-ethyl adjacent to an activating group) is 1. The van der Waals surface area contributed by atoms with Crippen LogP contribution in [0, 0.1) is 0 Å². The van der Waals surface area contributed by atoms with E-state index in [1.54, 1.807) is 4.90 Å². The number of hydrogen-bond acceptors (Lipinski definition) is 4. The number of imidazole rings is 1. The van der Waals surface area contributed by atoms with E-state index < -0.39 is 0 Å². The van der Waals surface area contributed by atoms with E-state index in [1.165, 1.54) is 0 Å². The topological polar surface area (TPSA) is 79.7 Å². The number of nitrogens with one attached hydrogen (secondary N) is 1. The first-order valence-corrected chi connectivity index (χ1v) is 7.91. The summed E-state index contributed by atoms with van der Waals surface area (Å²) in [5.41, 5.74) is 2.01. The minimum absolute atomic E-state index is 0.0266. The number of nitrogens with zero attached hydrogens (tertiary/aromatic N) is 5. The Balaban J connectivity index is 1.53. The van der Waals surface area contributed by atoms with Crippen LogP contribution in [-0.2, 0) is 19.4 Å². The van der Waals surface area contributed by atoms with Crippen LogP contribution in [-0.4, -0.2) is 48.6 Å². The number of hydrogen-bond donors (Lipinski definition) is 1. The highest BCUT2D eigenvalue weighted by atomic mass is 16.2. The average molecular weight is 310 g/mol. The first-order chi connectivity index (χ1) is 11.3. The van der Waals surface area contributed by atoms with Crippen molar-refractivity contribution in [3.8, 4) is 0 Å². The van der Waals surface area contributed by atoms with Crippen LogP contribution in [0.1, 0.15) is 29.2 Å². The number of fused-ring (bicyclic) bond motifs is 2. The van der Waals surface area contributed by atoms with Gasteiger partial charge in [0.05, 0.1) is 11.0 Å². The molecule has 7 heteroatoms. The van der Waals surface area contributed by atoms with Crippen molar-refractivity contribution < 1.29 is 4.79 Å². The van der Waals surface area contributed by atoms with Crippen LogP contribution < -0.4 is 0 Å². The first-order valence-electron chi connectivity index (χ1n) is 7.91. The molecule has 0 fully saturated rings. The van der Waals surface area contributed by atoms with Crippen LogP contribution in [0.25, 0.3) is 11.0 Å². The number of aryl methyl sites for hydroxylation is 2. The van der Waals surface area contributed by atoms with E-state index in [0.717, 1.165) is 42.2 Å². The molecule has 7 nitrogen and oxygen atoms in total. The van der Waals surface area contributed by atoms with Gasteiger partial charge in [-0.1, -0.05) is 12.1 Å². The molecule has 0 atom stereocenters. The molecule has 0 saturated carbocycles. The zero-order chi connectivity index (χ0) is 15.8. The van der Waals surface area contributed by atoms with Crippen molar-refractivity contribution in [3.63, 3.8) is 0 Å². The summed E-state index contributed by atoms with van der Waals surface area (Å²) in [6.07, 6.45) is 1.46. The molecule has 2 aromatic heterocycles. The molecule has 0 unspecified atom stereocenters. The zero-order valence-electron chi connectivity index (χ0n) is 13.0. The van der Waals surface area contributed by atoms with E-state index in [0.29, 0.717) is 18.8 Å². The van der Waals surface area contributed by atoms with Crippen LogP contribution in [0.15, 0.2) is 24.3 Å². The van der Waals surface area contributed by atoms with Gasteiger partial charge in [-0.2, -0.15) is 0 Å². The van der Waals surface area contributed by atoms with Crippen LogP contribution in [0.5, 0.6) is 0 Å². The van der Waals surface area contributed by atoms with Crippen molar-refractivity contribution in [1.82, 2.24) is 29.6 Å². The maximum Gasteiger partial charge on any atom is 0.291 e. The number of para-hydroxylation sites is 2. The third-order valence-corrected chi connectivity index (χ3v) is 4.30. The quantitative estimate of drug-likeness (QED) is 0.790. The van der Waals surface area contributed by atoms with Gasteiger partial charge in [0.2, 0.25) is 5.82 Å². The third kappa shape index (κ3) is 2.38. The Hall–Kier alpha value is -2.70. The first kappa shape index (κ1) is 13.9. The van der Waals surface area contributed by atoms with Crippen LogP contribution in [0.3, 0.4) is 0 Å². The molecule has 4 rings (SSSR count). The minimum Gasteiger partial charge on any atom is -0.342 e. The van der Waals surface area contributed by atoms with E-state index in [-0.39, 0.29) is 5.91 Å². The zero-order valence-corrected chi connectivity index (χ0v) is 13.0. The summed E-state index contributed by atoms with van der Waals surface area (Å²) in [5.74, 6) is 2.21. The van der Waals surface area contributed by atoms with Crippen LogP contribution >= 0.6 is 0 Å². The molecule has 0 radical (unpaired) electrons. The molecular formula is C16H18N6O. The average Bonchev–Trinajstić information content (AvgIpc) is 3.17. The summed E-state index contributed by atoms with van der Waals surface area (Å²) < 4.78 is 1.94. The maximum atomic E-state index is 12.2. The largest absolute Gasteiger partial charge is 0.342 e. The lowest BCUT2D eigenvalue weighted by Gasteiger charge is -2.26. The third-order valence-electron chi connectivity index (χ3n) is 4.30. The van der Waals surface area contributed by atoms with Gasteiger partial charge in [-0.05, 0) is 19.1 Å². The van der Waals surface area contributed by atoms with Crippen molar-refractivity contribution in [2.75, 3.05) is 13.1 Å². The second-order valence-electron chi connectivity index (χ2n) is 5.68. The predicted octanol–water partition coefficient (Wildman–Crippen LogP) is 1.42. The van der Waals surface area contributed by atoms with Crippen molar-refractivity contribution in [3.05, 3.63) is 41.7 Å². The van der Waals surface area contributed by atoms with E-state index in [4.69, 9.17) is 0 Å². The maximum absolute atomic E-state index is 12.2. The molecule has 1 N–H and O–H groups in total. The van der Waals surface area contributed by atoms with Crippen LogP contribution in [0.4, 0.5) is 0 Å². The Labute approximate surface area is 133 Å². The number of carbonyl (C=O) groups excluding carboxylic acids is 1. The molecule has 1 amide bonds. The van der Waals surface area contributed by atoms with Crippen LogP contribution in [0.2, 0.25) is 0 Å². The Morgan fingerprint density at radius 1 is 1.17 bits per heavy atom. The molecule has 0 aliphatic carbocycles. The molecule has 118 valence electrons. The van der Waals surface area contributed by atoms with Gasteiger partial charge >= 0.3 is 0 Å². The van der Waals surface area contributed by atoms with Gasteiger partial charge in [-0.3, -0.25) is 4.79 Å². The fourth-order valence-electron chi connectivity index (χ4n) is 3.03. The molecule has 3 aromatic rings. The lowest BCUT2D eigenvalue weighted by atomic mass is 10.2. The van der Waals surface area contributed by atoms with Crippen molar-refractivity contribution in [2.45, 2.75) is 26.3 Å².